The summed E-state index contributed by atoms with van der Waals surface area (Å²) < 4.78 is 0. The number of likely N-dealkylation sites (tertiary alicyclic amines) is 1. The van der Waals surface area contributed by atoms with Crippen molar-refractivity contribution in [2.45, 2.75) is 19.4 Å². The number of carbonyl (C=O) groups excluding carboxylic acids is 1. The molecule has 13 heavy (non-hydrogen) atoms. The fourth-order valence-electron chi connectivity index (χ4n) is 1.44. The van der Waals surface area contributed by atoms with Crippen LogP contribution in [0, 0.1) is 16.7 Å². The van der Waals surface area contributed by atoms with Gasteiger partial charge in [0.2, 0.25) is 0 Å². The third-order valence-corrected chi connectivity index (χ3v) is 2.50. The predicted molar refractivity (Wildman–Crippen MR) is 53.1 cm³/mol. The Labute approximate surface area is 86.2 Å². The molecule has 72 valence electrons. The van der Waals surface area contributed by atoms with Crippen LogP contribution in [0.5, 0.6) is 0 Å². The molecule has 0 radical (unpaired) electrons. The molecule has 0 aliphatic carbocycles. The fraction of sp³-hybridized carbons (Fsp3) is 0.667. The highest BCUT2D eigenvalue weighted by Crippen LogP contribution is 2.16. The first-order valence-corrected chi connectivity index (χ1v) is 5.03. The van der Waals surface area contributed by atoms with Gasteiger partial charge in [0.15, 0.2) is 0 Å². The summed E-state index contributed by atoms with van der Waals surface area (Å²) in [6, 6.07) is 0. The lowest BCUT2D eigenvalue weighted by Crippen LogP contribution is -2.44. The lowest BCUT2D eigenvalue weighted by molar-refractivity contribution is -0.128. The Bertz CT molecular complexity index is 256. The monoisotopic (exact) mass is 245 g/mol. The molecule has 1 aliphatic heterocycles. The van der Waals surface area contributed by atoms with E-state index < -0.39 is 0 Å². The molecular weight excluding hydrogens is 234 g/mol. The highest BCUT2D eigenvalue weighted by molar-refractivity contribution is 9.12. The molecule has 1 fully saturated rings. The summed E-state index contributed by atoms with van der Waals surface area (Å²) in [5.41, 5.74) is 0. The summed E-state index contributed by atoms with van der Waals surface area (Å²) in [5.74, 6) is 2.40. The smallest absolute Gasteiger partial charge is 0.299 e. The second kappa shape index (κ2) is 4.64. The zero-order chi connectivity index (χ0) is 9.84. The lowest BCUT2D eigenvalue weighted by atomic mass is 9.97. The van der Waals surface area contributed by atoms with E-state index in [1.807, 2.05) is 6.92 Å². The quantitative estimate of drug-likeness (QED) is 0.635. The van der Waals surface area contributed by atoms with Crippen LogP contribution in [-0.2, 0) is 4.79 Å². The molecule has 0 bridgehead atoms. The number of piperidine rings is 1. The molecule has 1 amide bonds. The number of nitrogens with zero attached hydrogens (tertiary/aromatic N) is 1. The highest BCUT2D eigenvalue weighted by atomic mass is 79.9. The molecule has 4 heteroatoms. The Morgan fingerprint density at radius 2 is 2.38 bits per heavy atom. The van der Waals surface area contributed by atoms with Crippen LogP contribution >= 0.6 is 15.9 Å². The average Bonchev–Trinajstić information content (AvgIpc) is 2.10. The molecular formula is C9H12BrNO2. The predicted octanol–water partition coefficient (Wildman–Crippen LogP) is 0.572. The molecule has 1 N–H and O–H groups in total. The van der Waals surface area contributed by atoms with Crippen molar-refractivity contribution in [2.75, 3.05) is 13.1 Å². The lowest BCUT2D eigenvalue weighted by Gasteiger charge is -2.33. The molecule has 3 nitrogen and oxygen atoms in total. The third kappa shape index (κ3) is 2.71. The topological polar surface area (TPSA) is 40.5 Å². The van der Waals surface area contributed by atoms with Gasteiger partial charge in [-0.05, 0) is 17.2 Å². The van der Waals surface area contributed by atoms with Gasteiger partial charge in [-0.15, -0.1) is 0 Å². The summed E-state index contributed by atoms with van der Waals surface area (Å²) >= 11 is 2.89. The number of aliphatic hydroxyl groups excluding tert-OH is 1. The maximum atomic E-state index is 11.3. The van der Waals surface area contributed by atoms with Crippen molar-refractivity contribution in [1.82, 2.24) is 4.90 Å². The molecule has 1 rings (SSSR count). The van der Waals surface area contributed by atoms with Crippen LogP contribution in [0.4, 0.5) is 0 Å². The molecule has 0 saturated carbocycles. The van der Waals surface area contributed by atoms with Crippen LogP contribution in [0.1, 0.15) is 13.3 Å². The number of rotatable bonds is 0. The molecule has 0 aromatic heterocycles. The van der Waals surface area contributed by atoms with Crippen molar-refractivity contribution in [1.29, 1.82) is 0 Å². The molecule has 1 aliphatic rings. The van der Waals surface area contributed by atoms with Crippen LogP contribution in [0.15, 0.2) is 0 Å². The van der Waals surface area contributed by atoms with Crippen LogP contribution < -0.4 is 0 Å². The number of hydrogen-bond acceptors (Lipinski definition) is 2. The normalized spacial score (nSPS) is 27.8. The Balaban J connectivity index is 2.53. The van der Waals surface area contributed by atoms with E-state index in [0.717, 1.165) is 0 Å². The van der Waals surface area contributed by atoms with Crippen LogP contribution in [-0.4, -0.2) is 35.1 Å². The molecule has 1 saturated heterocycles. The van der Waals surface area contributed by atoms with Crippen molar-refractivity contribution in [2.24, 2.45) is 5.92 Å². The fourth-order valence-corrected chi connectivity index (χ4v) is 1.61. The number of halogens is 1. The van der Waals surface area contributed by atoms with Gasteiger partial charge in [0.25, 0.3) is 5.91 Å². The Kier molecular flexibility index (Phi) is 3.76. The standard InChI is InChI=1S/C9H12BrNO2/c1-7-6-11(5-3-8(7)12)9(13)2-4-10/h7-8,12H,3,5-6H2,1H3. The van der Waals surface area contributed by atoms with Gasteiger partial charge >= 0.3 is 0 Å². The molecule has 2 atom stereocenters. The Morgan fingerprint density at radius 1 is 1.69 bits per heavy atom. The number of amides is 1. The summed E-state index contributed by atoms with van der Waals surface area (Å²) in [5, 5.41) is 9.42. The highest BCUT2D eigenvalue weighted by Gasteiger charge is 2.26. The second-order valence-electron chi connectivity index (χ2n) is 3.30. The molecule has 1 heterocycles. The molecule has 2 unspecified atom stereocenters. The van der Waals surface area contributed by atoms with Gasteiger partial charge in [0.05, 0.1) is 6.10 Å². The van der Waals surface area contributed by atoms with Crippen molar-refractivity contribution in [3.05, 3.63) is 0 Å². The summed E-state index contributed by atoms with van der Waals surface area (Å²) in [6.07, 6.45) is 0.373. The van der Waals surface area contributed by atoms with E-state index in [1.165, 1.54) is 0 Å². The summed E-state index contributed by atoms with van der Waals surface area (Å²) in [7, 11) is 0. The number of carbonyl (C=O) groups is 1. The first-order chi connectivity index (χ1) is 6.15. The van der Waals surface area contributed by atoms with Gasteiger partial charge in [-0.1, -0.05) is 6.92 Å². The zero-order valence-corrected chi connectivity index (χ0v) is 9.04. The van der Waals surface area contributed by atoms with Gasteiger partial charge in [-0.3, -0.25) is 4.79 Å². The minimum atomic E-state index is -0.277. The number of aliphatic hydroxyl groups is 1. The van der Waals surface area contributed by atoms with Gasteiger partial charge in [-0.2, -0.15) is 0 Å². The SMILES string of the molecule is CC1CN(C(=O)C#CBr)CCC1O. The number of hydrogen-bond donors (Lipinski definition) is 1. The molecule has 0 spiro atoms. The van der Waals surface area contributed by atoms with Crippen molar-refractivity contribution >= 4 is 21.8 Å². The first kappa shape index (κ1) is 10.6. The van der Waals surface area contributed by atoms with E-state index in [1.54, 1.807) is 4.90 Å². The van der Waals surface area contributed by atoms with Gasteiger partial charge in [0.1, 0.15) is 0 Å². The largest absolute Gasteiger partial charge is 0.393 e. The average molecular weight is 246 g/mol. The third-order valence-electron chi connectivity index (χ3n) is 2.30. The van der Waals surface area contributed by atoms with E-state index in [-0.39, 0.29) is 17.9 Å². The minimum Gasteiger partial charge on any atom is -0.393 e. The van der Waals surface area contributed by atoms with Crippen molar-refractivity contribution in [3.63, 3.8) is 0 Å². The van der Waals surface area contributed by atoms with Crippen molar-refractivity contribution in [3.8, 4) is 10.8 Å². The van der Waals surface area contributed by atoms with E-state index >= 15 is 0 Å². The Hall–Kier alpha value is -0.530. The molecule has 0 aromatic carbocycles. The van der Waals surface area contributed by atoms with E-state index in [2.05, 4.69) is 26.7 Å². The van der Waals surface area contributed by atoms with E-state index in [0.29, 0.717) is 19.5 Å². The Morgan fingerprint density at radius 3 is 2.92 bits per heavy atom. The summed E-state index contributed by atoms with van der Waals surface area (Å²) in [6.45, 7) is 3.14. The van der Waals surface area contributed by atoms with Crippen LogP contribution in [0.3, 0.4) is 0 Å². The maximum absolute atomic E-state index is 11.3. The van der Waals surface area contributed by atoms with Crippen LogP contribution in [0.25, 0.3) is 0 Å². The van der Waals surface area contributed by atoms with Crippen molar-refractivity contribution < 1.29 is 9.90 Å². The second-order valence-corrected chi connectivity index (χ2v) is 3.70. The van der Waals surface area contributed by atoms with Gasteiger partial charge < -0.3 is 10.0 Å². The minimum absolute atomic E-state index is 0.148. The summed E-state index contributed by atoms with van der Waals surface area (Å²) in [4.78, 5) is 15.4. The molecule has 0 aromatic rings. The van der Waals surface area contributed by atoms with Gasteiger partial charge in [0, 0.05) is 34.9 Å². The van der Waals surface area contributed by atoms with E-state index in [4.69, 9.17) is 0 Å². The van der Waals surface area contributed by atoms with Gasteiger partial charge in [-0.25, -0.2) is 0 Å². The maximum Gasteiger partial charge on any atom is 0.299 e. The van der Waals surface area contributed by atoms with E-state index in [9.17, 15) is 9.90 Å². The first-order valence-electron chi connectivity index (χ1n) is 4.23. The zero-order valence-electron chi connectivity index (χ0n) is 7.46. The van der Waals surface area contributed by atoms with Crippen LogP contribution in [0.2, 0.25) is 0 Å².